The molecule has 0 aromatic heterocycles. The van der Waals surface area contributed by atoms with Crippen LogP contribution in [-0.2, 0) is 10.0 Å². The molecule has 0 radical (unpaired) electrons. The van der Waals surface area contributed by atoms with Gasteiger partial charge in [0.15, 0.2) is 0 Å². The van der Waals surface area contributed by atoms with Crippen molar-refractivity contribution in [2.45, 2.75) is 4.90 Å². The van der Waals surface area contributed by atoms with Crippen LogP contribution in [0.25, 0.3) is 0 Å². The van der Waals surface area contributed by atoms with E-state index in [-0.39, 0.29) is 17.2 Å². The predicted octanol–water partition coefficient (Wildman–Crippen LogP) is 0.304. The summed E-state index contributed by atoms with van der Waals surface area (Å²) >= 11 is 0. The molecule has 74 valence electrons. The molecule has 14 heavy (non-hydrogen) atoms. The van der Waals surface area contributed by atoms with Gasteiger partial charge in [-0.25, -0.2) is 8.42 Å². The molecule has 0 atom stereocenters. The monoisotopic (exact) mass is 211 g/mol. The molecule has 0 unspecified atom stereocenters. The van der Waals surface area contributed by atoms with Gasteiger partial charge in [-0.2, -0.15) is 4.72 Å². The molecule has 1 aromatic rings. The number of phenols is 1. The number of hydrogen-bond donors (Lipinski definition) is 2. The van der Waals surface area contributed by atoms with E-state index in [9.17, 15) is 8.42 Å². The number of sulfonamides is 1. The Kier molecular flexibility index (Phi) is 3.12. The van der Waals surface area contributed by atoms with Crippen molar-refractivity contribution in [3.05, 3.63) is 24.3 Å². The second-order valence-corrected chi connectivity index (χ2v) is 4.29. The van der Waals surface area contributed by atoms with Crippen molar-refractivity contribution in [2.75, 3.05) is 6.54 Å². The molecule has 0 fully saturated rings. The molecule has 0 aliphatic rings. The Morgan fingerprint density at radius 3 is 2.79 bits per heavy atom. The third-order valence-corrected chi connectivity index (χ3v) is 2.89. The van der Waals surface area contributed by atoms with Crippen LogP contribution in [0, 0.1) is 12.3 Å². The van der Waals surface area contributed by atoms with Crippen LogP contribution in [0.3, 0.4) is 0 Å². The second kappa shape index (κ2) is 4.13. The Hall–Kier alpha value is -1.51. The van der Waals surface area contributed by atoms with Crippen molar-refractivity contribution < 1.29 is 13.5 Å². The van der Waals surface area contributed by atoms with E-state index in [2.05, 4.69) is 10.6 Å². The molecular formula is C9H9NO3S. The molecule has 0 saturated heterocycles. The van der Waals surface area contributed by atoms with Crippen LogP contribution in [0.2, 0.25) is 0 Å². The van der Waals surface area contributed by atoms with Gasteiger partial charge in [0.25, 0.3) is 0 Å². The van der Waals surface area contributed by atoms with Crippen LogP contribution in [0.1, 0.15) is 0 Å². The highest BCUT2D eigenvalue weighted by atomic mass is 32.2. The molecular weight excluding hydrogens is 202 g/mol. The topological polar surface area (TPSA) is 66.4 Å². The number of benzene rings is 1. The van der Waals surface area contributed by atoms with E-state index >= 15 is 0 Å². The highest BCUT2D eigenvalue weighted by molar-refractivity contribution is 7.89. The zero-order chi connectivity index (χ0) is 10.6. The smallest absolute Gasteiger partial charge is 0.241 e. The van der Waals surface area contributed by atoms with E-state index in [0.717, 1.165) is 6.07 Å². The minimum absolute atomic E-state index is 0.00671. The maximum absolute atomic E-state index is 11.4. The molecule has 5 heteroatoms. The van der Waals surface area contributed by atoms with Gasteiger partial charge in [-0.05, 0) is 18.2 Å². The van der Waals surface area contributed by atoms with Gasteiger partial charge in [-0.3, -0.25) is 0 Å². The fraction of sp³-hybridized carbons (Fsp3) is 0.111. The summed E-state index contributed by atoms with van der Waals surface area (Å²) in [6.07, 6.45) is 4.92. The predicted molar refractivity (Wildman–Crippen MR) is 52.1 cm³/mol. The summed E-state index contributed by atoms with van der Waals surface area (Å²) in [5.74, 6) is 2.05. The van der Waals surface area contributed by atoms with E-state index in [1.165, 1.54) is 18.2 Å². The first kappa shape index (κ1) is 10.6. The zero-order valence-electron chi connectivity index (χ0n) is 7.27. The van der Waals surface area contributed by atoms with Crippen molar-refractivity contribution in [1.29, 1.82) is 0 Å². The molecule has 2 N–H and O–H groups in total. The summed E-state index contributed by atoms with van der Waals surface area (Å²) < 4.78 is 25.0. The summed E-state index contributed by atoms with van der Waals surface area (Å²) in [4.78, 5) is -0.00671. The number of hydrogen-bond acceptors (Lipinski definition) is 3. The molecule has 0 saturated carbocycles. The first-order valence-corrected chi connectivity index (χ1v) is 5.27. The average Bonchev–Trinajstić information content (AvgIpc) is 2.15. The molecule has 0 aliphatic heterocycles. The molecule has 4 nitrogen and oxygen atoms in total. The van der Waals surface area contributed by atoms with Gasteiger partial charge in [-0.15, -0.1) is 6.42 Å². The van der Waals surface area contributed by atoms with Gasteiger partial charge >= 0.3 is 0 Å². The molecule has 1 rings (SSSR count). The lowest BCUT2D eigenvalue weighted by Crippen LogP contribution is -2.23. The molecule has 0 bridgehead atoms. The Labute approximate surface area is 82.6 Å². The summed E-state index contributed by atoms with van der Waals surface area (Å²) in [5, 5.41) is 9.07. The third kappa shape index (κ3) is 2.49. The minimum Gasteiger partial charge on any atom is -0.508 e. The number of nitrogens with one attached hydrogen (secondary N) is 1. The number of aromatic hydroxyl groups is 1. The highest BCUT2D eigenvalue weighted by Gasteiger charge is 2.12. The van der Waals surface area contributed by atoms with Gasteiger partial charge in [0.05, 0.1) is 11.4 Å². The van der Waals surface area contributed by atoms with Crippen molar-refractivity contribution in [3.8, 4) is 18.1 Å². The Morgan fingerprint density at radius 1 is 1.50 bits per heavy atom. The van der Waals surface area contributed by atoms with Crippen molar-refractivity contribution in [1.82, 2.24) is 4.72 Å². The van der Waals surface area contributed by atoms with Crippen molar-refractivity contribution >= 4 is 10.0 Å². The van der Waals surface area contributed by atoms with Gasteiger partial charge in [-0.1, -0.05) is 12.0 Å². The van der Waals surface area contributed by atoms with Crippen LogP contribution in [0.5, 0.6) is 5.75 Å². The van der Waals surface area contributed by atoms with Crippen molar-refractivity contribution in [3.63, 3.8) is 0 Å². The van der Waals surface area contributed by atoms with Crippen LogP contribution in [-0.4, -0.2) is 20.1 Å². The standard InChI is InChI=1S/C9H9NO3S/c1-2-6-10-14(12,13)9-5-3-4-8(11)7-9/h1,3-5,7,10-11H,6H2. The molecule has 0 heterocycles. The fourth-order valence-corrected chi connectivity index (χ4v) is 1.84. The number of phenolic OH excluding ortho intramolecular Hbond substituents is 1. The number of terminal acetylenes is 1. The maximum Gasteiger partial charge on any atom is 0.241 e. The Bertz CT molecular complexity index is 459. The van der Waals surface area contributed by atoms with Gasteiger partial charge in [0.1, 0.15) is 5.75 Å². The molecule has 0 amide bonds. The third-order valence-electron chi connectivity index (χ3n) is 1.49. The van der Waals surface area contributed by atoms with Crippen LogP contribution >= 0.6 is 0 Å². The summed E-state index contributed by atoms with van der Waals surface area (Å²) in [5.41, 5.74) is 0. The minimum atomic E-state index is -3.60. The highest BCUT2D eigenvalue weighted by Crippen LogP contribution is 2.15. The first-order valence-electron chi connectivity index (χ1n) is 3.78. The summed E-state index contributed by atoms with van der Waals surface area (Å²) in [6, 6.07) is 5.36. The van der Waals surface area contributed by atoms with Gasteiger partial charge in [0, 0.05) is 0 Å². The van der Waals surface area contributed by atoms with E-state index in [4.69, 9.17) is 11.5 Å². The van der Waals surface area contributed by atoms with E-state index < -0.39 is 10.0 Å². The average molecular weight is 211 g/mol. The lowest BCUT2D eigenvalue weighted by molar-refractivity contribution is 0.473. The largest absolute Gasteiger partial charge is 0.508 e. The molecule has 0 aliphatic carbocycles. The van der Waals surface area contributed by atoms with Crippen LogP contribution in [0.4, 0.5) is 0 Å². The van der Waals surface area contributed by atoms with Gasteiger partial charge < -0.3 is 5.11 Å². The van der Waals surface area contributed by atoms with E-state index in [1.807, 2.05) is 0 Å². The van der Waals surface area contributed by atoms with Crippen molar-refractivity contribution in [2.24, 2.45) is 0 Å². The SMILES string of the molecule is C#CCNS(=O)(=O)c1cccc(O)c1. The normalized spacial score (nSPS) is 10.8. The molecule has 1 aromatic carbocycles. The Balaban J connectivity index is 3.00. The summed E-state index contributed by atoms with van der Waals surface area (Å²) in [6.45, 7) is -0.0714. The van der Waals surface area contributed by atoms with E-state index in [0.29, 0.717) is 0 Å². The van der Waals surface area contributed by atoms with Gasteiger partial charge in [0.2, 0.25) is 10.0 Å². The van der Waals surface area contributed by atoms with E-state index in [1.54, 1.807) is 0 Å². The summed E-state index contributed by atoms with van der Waals surface area (Å²) in [7, 11) is -3.60. The van der Waals surface area contributed by atoms with Crippen LogP contribution < -0.4 is 4.72 Å². The Morgan fingerprint density at radius 2 is 2.21 bits per heavy atom. The lowest BCUT2D eigenvalue weighted by atomic mass is 10.3. The molecule has 0 spiro atoms. The van der Waals surface area contributed by atoms with Crippen LogP contribution in [0.15, 0.2) is 29.2 Å². The lowest BCUT2D eigenvalue weighted by Gasteiger charge is -2.03. The second-order valence-electron chi connectivity index (χ2n) is 2.53. The number of rotatable bonds is 3. The first-order chi connectivity index (χ1) is 6.56. The maximum atomic E-state index is 11.4. The quantitative estimate of drug-likeness (QED) is 0.707. The zero-order valence-corrected chi connectivity index (χ0v) is 8.08. The fourth-order valence-electron chi connectivity index (χ4n) is 0.871.